The second-order valence-corrected chi connectivity index (χ2v) is 18.1. The molecule has 55 heavy (non-hydrogen) atoms. The third-order valence-corrected chi connectivity index (χ3v) is 12.2. The van der Waals surface area contributed by atoms with Gasteiger partial charge in [-0.05, 0) is 84.0 Å². The van der Waals surface area contributed by atoms with Crippen molar-refractivity contribution in [1.82, 2.24) is 9.80 Å². The molecule has 0 aromatic heterocycles. The van der Waals surface area contributed by atoms with Gasteiger partial charge < -0.3 is 14.5 Å². The number of likely N-dealkylation sites (N-methyl/N-ethyl adjacent to an activating group) is 1. The Hall–Kier alpha value is -0.870. The van der Waals surface area contributed by atoms with Crippen LogP contribution in [0.15, 0.2) is 12.3 Å². The van der Waals surface area contributed by atoms with Crippen LogP contribution in [0.25, 0.3) is 0 Å². The first kappa shape index (κ1) is 54.1. The molecule has 4 nitrogen and oxygen atoms in total. The molecule has 0 amide bonds. The molecular formula is C51H102N2O2. The first-order chi connectivity index (χ1) is 26.9. The molecule has 0 radical (unpaired) electrons. The Morgan fingerprint density at radius 1 is 0.436 bits per heavy atom. The number of carbonyl (C=O) groups is 1. The van der Waals surface area contributed by atoms with E-state index in [-0.39, 0.29) is 0 Å². The number of rotatable bonds is 46. The number of Topliss-reactive ketones (excluding diaryl/α,β-unsaturated/α-hetero) is 1. The van der Waals surface area contributed by atoms with Gasteiger partial charge in [-0.1, -0.05) is 195 Å². The minimum absolute atomic E-state index is 0.514. The predicted octanol–water partition coefficient (Wildman–Crippen LogP) is 15.9. The Labute approximate surface area is 347 Å². The molecule has 0 bridgehead atoms. The lowest BCUT2D eigenvalue weighted by Crippen LogP contribution is -2.33. The summed E-state index contributed by atoms with van der Waals surface area (Å²) in [6.07, 6.45) is 45.0. The van der Waals surface area contributed by atoms with E-state index in [2.05, 4.69) is 58.2 Å². The number of carbonyl (C=O) groups excluding carboxylic acids is 1. The molecule has 2 unspecified atom stereocenters. The molecule has 0 aromatic carbocycles. The molecule has 0 fully saturated rings. The molecule has 0 aromatic rings. The SMILES string of the molecule is C=C(CCCCCN(CCCCCC(=O)CCCC(CCCCCC)CCCCCCCC)CCN(C)C)OCC(CCCCCC)CCCCCCCC. The molecule has 0 saturated heterocycles. The van der Waals surface area contributed by atoms with Crippen LogP contribution in [-0.2, 0) is 9.53 Å². The summed E-state index contributed by atoms with van der Waals surface area (Å²) in [4.78, 5) is 17.8. The van der Waals surface area contributed by atoms with Crippen LogP contribution in [0.1, 0.15) is 252 Å². The van der Waals surface area contributed by atoms with Crippen LogP contribution in [0.3, 0.4) is 0 Å². The largest absolute Gasteiger partial charge is 0.498 e. The smallest absolute Gasteiger partial charge is 0.132 e. The Morgan fingerprint density at radius 3 is 1.31 bits per heavy atom. The van der Waals surface area contributed by atoms with Gasteiger partial charge >= 0.3 is 0 Å². The molecule has 0 aliphatic heterocycles. The van der Waals surface area contributed by atoms with E-state index in [1.54, 1.807) is 0 Å². The van der Waals surface area contributed by atoms with E-state index in [0.29, 0.717) is 11.7 Å². The average molecular weight is 775 g/mol. The van der Waals surface area contributed by atoms with E-state index in [1.165, 1.54) is 199 Å². The normalized spacial score (nSPS) is 12.9. The number of allylic oxidation sites excluding steroid dienone is 1. The van der Waals surface area contributed by atoms with Gasteiger partial charge in [0.2, 0.25) is 0 Å². The summed E-state index contributed by atoms with van der Waals surface area (Å²) < 4.78 is 6.29. The molecular weight excluding hydrogens is 673 g/mol. The molecule has 0 rings (SSSR count). The van der Waals surface area contributed by atoms with Gasteiger partial charge in [-0.15, -0.1) is 0 Å². The summed E-state index contributed by atoms with van der Waals surface area (Å²) in [5.74, 6) is 3.07. The van der Waals surface area contributed by atoms with Crippen molar-refractivity contribution in [3.63, 3.8) is 0 Å². The van der Waals surface area contributed by atoms with Crippen molar-refractivity contribution in [3.05, 3.63) is 12.3 Å². The minimum atomic E-state index is 0.514. The van der Waals surface area contributed by atoms with Gasteiger partial charge in [-0.2, -0.15) is 0 Å². The van der Waals surface area contributed by atoms with Gasteiger partial charge in [0.25, 0.3) is 0 Å². The average Bonchev–Trinajstić information content (AvgIpc) is 3.17. The highest BCUT2D eigenvalue weighted by molar-refractivity contribution is 5.78. The lowest BCUT2D eigenvalue weighted by Gasteiger charge is -2.24. The number of unbranched alkanes of at least 4 members (excludes halogenated alkanes) is 20. The summed E-state index contributed by atoms with van der Waals surface area (Å²) in [7, 11) is 4.37. The maximum atomic E-state index is 12.8. The summed E-state index contributed by atoms with van der Waals surface area (Å²) >= 11 is 0. The van der Waals surface area contributed by atoms with Gasteiger partial charge in [0.15, 0.2) is 0 Å². The van der Waals surface area contributed by atoms with Crippen molar-refractivity contribution in [2.75, 3.05) is 46.9 Å². The third kappa shape index (κ3) is 39.7. The molecule has 0 N–H and O–H groups in total. The van der Waals surface area contributed by atoms with Gasteiger partial charge in [-0.25, -0.2) is 0 Å². The van der Waals surface area contributed by atoms with E-state index in [4.69, 9.17) is 4.74 Å². The quantitative estimate of drug-likeness (QED) is 0.0455. The Balaban J connectivity index is 4.36. The van der Waals surface area contributed by atoms with Crippen LogP contribution < -0.4 is 0 Å². The first-order valence-electron chi connectivity index (χ1n) is 25.0. The van der Waals surface area contributed by atoms with E-state index in [1.807, 2.05) is 0 Å². The first-order valence-corrected chi connectivity index (χ1v) is 25.0. The van der Waals surface area contributed by atoms with Crippen LogP contribution in [0.2, 0.25) is 0 Å². The van der Waals surface area contributed by atoms with Crippen molar-refractivity contribution >= 4 is 5.78 Å². The molecule has 0 aliphatic carbocycles. The highest BCUT2D eigenvalue weighted by atomic mass is 16.5. The molecule has 4 heteroatoms. The molecule has 0 aliphatic rings. The summed E-state index contributed by atoms with van der Waals surface area (Å²) in [5.41, 5.74) is 0. The third-order valence-electron chi connectivity index (χ3n) is 12.2. The van der Waals surface area contributed by atoms with Crippen LogP contribution in [-0.4, -0.2) is 62.5 Å². The molecule has 0 heterocycles. The maximum Gasteiger partial charge on any atom is 0.132 e. The number of hydrogen-bond donors (Lipinski definition) is 0. The van der Waals surface area contributed by atoms with Crippen LogP contribution in [0.4, 0.5) is 0 Å². The van der Waals surface area contributed by atoms with Gasteiger partial charge in [0.05, 0.1) is 12.4 Å². The highest BCUT2D eigenvalue weighted by Gasteiger charge is 2.13. The van der Waals surface area contributed by atoms with Crippen LogP contribution >= 0.6 is 0 Å². The van der Waals surface area contributed by atoms with Crippen molar-refractivity contribution in [2.45, 2.75) is 252 Å². The fourth-order valence-corrected chi connectivity index (χ4v) is 8.26. The Bertz CT molecular complexity index is 798. The van der Waals surface area contributed by atoms with Gasteiger partial charge in [-0.3, -0.25) is 4.79 Å². The maximum absolute atomic E-state index is 12.8. The summed E-state index contributed by atoms with van der Waals surface area (Å²) in [6.45, 7) is 19.0. The lowest BCUT2D eigenvalue weighted by molar-refractivity contribution is -0.119. The number of ether oxygens (including phenoxy) is 1. The van der Waals surface area contributed by atoms with Crippen molar-refractivity contribution in [2.24, 2.45) is 11.8 Å². The lowest BCUT2D eigenvalue weighted by atomic mass is 9.89. The zero-order chi connectivity index (χ0) is 40.5. The topological polar surface area (TPSA) is 32.8 Å². The number of nitrogens with zero attached hydrogens (tertiary/aromatic N) is 2. The van der Waals surface area contributed by atoms with Gasteiger partial charge in [0.1, 0.15) is 5.78 Å². The molecule has 2 atom stereocenters. The fourth-order valence-electron chi connectivity index (χ4n) is 8.26. The van der Waals surface area contributed by atoms with E-state index >= 15 is 0 Å². The summed E-state index contributed by atoms with van der Waals surface area (Å²) in [5, 5.41) is 0. The molecule has 0 saturated carbocycles. The summed E-state index contributed by atoms with van der Waals surface area (Å²) in [6, 6.07) is 0. The Morgan fingerprint density at radius 2 is 0.818 bits per heavy atom. The zero-order valence-electron chi connectivity index (χ0n) is 38.9. The Kier molecular flexibility index (Phi) is 42.1. The highest BCUT2D eigenvalue weighted by Crippen LogP contribution is 2.25. The number of hydrogen-bond acceptors (Lipinski definition) is 4. The fraction of sp³-hybridized carbons (Fsp3) is 0.941. The van der Waals surface area contributed by atoms with Crippen LogP contribution in [0, 0.1) is 11.8 Å². The van der Waals surface area contributed by atoms with E-state index in [0.717, 1.165) is 70.0 Å². The van der Waals surface area contributed by atoms with E-state index < -0.39 is 0 Å². The van der Waals surface area contributed by atoms with Crippen LogP contribution in [0.5, 0.6) is 0 Å². The second-order valence-electron chi connectivity index (χ2n) is 18.1. The predicted molar refractivity (Wildman–Crippen MR) is 246 cm³/mol. The van der Waals surface area contributed by atoms with Crippen molar-refractivity contribution in [3.8, 4) is 0 Å². The zero-order valence-corrected chi connectivity index (χ0v) is 38.9. The van der Waals surface area contributed by atoms with Gasteiger partial charge in [0, 0.05) is 32.4 Å². The van der Waals surface area contributed by atoms with Crippen molar-refractivity contribution < 1.29 is 9.53 Å². The number of ketones is 1. The standard InChI is InChI=1S/C51H102N2O2/c1-8-12-16-20-22-29-37-49(36-27-18-14-10-3)40-34-42-51(54)41-31-25-33-44-53(46-45-52(6)7)43-32-24-26-35-48(5)55-47-50(38-28-19-15-11-4)39-30-23-21-17-13-9-2/h49-50H,5,8-47H2,1-4,6-7H3. The minimum Gasteiger partial charge on any atom is -0.498 e. The second kappa shape index (κ2) is 42.7. The molecule has 0 spiro atoms. The monoisotopic (exact) mass is 775 g/mol. The molecule has 328 valence electrons. The van der Waals surface area contributed by atoms with E-state index in [9.17, 15) is 4.79 Å². The van der Waals surface area contributed by atoms with Crippen molar-refractivity contribution in [1.29, 1.82) is 0 Å².